The van der Waals surface area contributed by atoms with Gasteiger partial charge in [-0.05, 0) is 20.8 Å². The van der Waals surface area contributed by atoms with Gasteiger partial charge in [-0.2, -0.15) is 0 Å². The molecule has 0 saturated heterocycles. The summed E-state index contributed by atoms with van der Waals surface area (Å²) in [7, 11) is 0. The van der Waals surface area contributed by atoms with Crippen LogP contribution in [0.25, 0.3) is 4.96 Å². The number of nitrogens with one attached hydrogen (secondary N) is 1. The zero-order valence-corrected chi connectivity index (χ0v) is 13.1. The summed E-state index contributed by atoms with van der Waals surface area (Å²) in [5, 5.41) is 10.1. The molecule has 8 nitrogen and oxygen atoms in total. The van der Waals surface area contributed by atoms with Crippen molar-refractivity contribution in [3.8, 4) is 0 Å². The van der Waals surface area contributed by atoms with Crippen LogP contribution in [0, 0.1) is 13.8 Å². The SMILES string of the molecule is CCn1cnnc1NC(=O)c1cnc2sc(C)c(C)n2c1=O. The Hall–Kier alpha value is -2.55. The van der Waals surface area contributed by atoms with Crippen LogP contribution in [-0.4, -0.2) is 30.1 Å². The van der Waals surface area contributed by atoms with E-state index in [2.05, 4.69) is 20.5 Å². The molecule has 3 rings (SSSR count). The van der Waals surface area contributed by atoms with Crippen LogP contribution in [-0.2, 0) is 6.54 Å². The number of carbonyl (C=O) groups is 1. The molecule has 3 aromatic heterocycles. The number of aromatic nitrogens is 5. The standard InChI is InChI=1S/C13H14N6O2S/c1-4-18-6-15-17-12(18)16-10(20)9-5-14-13-19(11(9)21)7(2)8(3)22-13/h5-6H,4H2,1-3H3,(H,16,17,20). The normalized spacial score (nSPS) is 11.0. The molecular formula is C13H14N6O2S. The molecule has 0 aromatic carbocycles. The second kappa shape index (κ2) is 5.34. The summed E-state index contributed by atoms with van der Waals surface area (Å²) in [4.78, 5) is 30.6. The molecule has 3 aromatic rings. The Morgan fingerprint density at radius 2 is 2.18 bits per heavy atom. The van der Waals surface area contributed by atoms with Crippen molar-refractivity contribution >= 4 is 28.2 Å². The van der Waals surface area contributed by atoms with E-state index in [9.17, 15) is 9.59 Å². The van der Waals surface area contributed by atoms with E-state index in [0.717, 1.165) is 10.6 Å². The Bertz CT molecular complexity index is 922. The van der Waals surface area contributed by atoms with E-state index in [1.54, 1.807) is 4.57 Å². The first kappa shape index (κ1) is 14.4. The topological polar surface area (TPSA) is 94.2 Å². The number of thiazole rings is 1. The lowest BCUT2D eigenvalue weighted by atomic mass is 10.3. The van der Waals surface area contributed by atoms with Gasteiger partial charge in [-0.1, -0.05) is 0 Å². The van der Waals surface area contributed by atoms with Gasteiger partial charge in [0.1, 0.15) is 11.9 Å². The lowest BCUT2D eigenvalue weighted by Gasteiger charge is -2.05. The fourth-order valence-corrected chi connectivity index (χ4v) is 3.01. The van der Waals surface area contributed by atoms with Gasteiger partial charge in [0.25, 0.3) is 11.5 Å². The summed E-state index contributed by atoms with van der Waals surface area (Å²) in [6, 6.07) is 0. The highest BCUT2D eigenvalue weighted by molar-refractivity contribution is 7.17. The smallest absolute Gasteiger partial charge is 0.271 e. The Labute approximate surface area is 129 Å². The van der Waals surface area contributed by atoms with Crippen LogP contribution >= 0.6 is 11.3 Å². The third-order valence-electron chi connectivity index (χ3n) is 3.44. The van der Waals surface area contributed by atoms with Crippen molar-refractivity contribution < 1.29 is 4.79 Å². The summed E-state index contributed by atoms with van der Waals surface area (Å²) in [6.45, 7) is 6.26. The first-order valence-corrected chi connectivity index (χ1v) is 7.51. The average molecular weight is 318 g/mol. The molecule has 1 amide bonds. The van der Waals surface area contributed by atoms with Crippen LogP contribution in [0.4, 0.5) is 5.95 Å². The molecule has 9 heteroatoms. The number of anilines is 1. The first-order valence-electron chi connectivity index (χ1n) is 6.69. The van der Waals surface area contributed by atoms with Gasteiger partial charge < -0.3 is 0 Å². The molecule has 3 heterocycles. The van der Waals surface area contributed by atoms with Gasteiger partial charge in [0.05, 0.1) is 0 Å². The molecule has 1 N–H and O–H groups in total. The molecule has 0 radical (unpaired) electrons. The minimum atomic E-state index is -0.544. The van der Waals surface area contributed by atoms with Crippen LogP contribution in [0.2, 0.25) is 0 Å². The number of hydrogen-bond acceptors (Lipinski definition) is 6. The van der Waals surface area contributed by atoms with Gasteiger partial charge >= 0.3 is 0 Å². The Kier molecular flexibility index (Phi) is 3.49. The van der Waals surface area contributed by atoms with Crippen LogP contribution in [0.1, 0.15) is 27.9 Å². The summed E-state index contributed by atoms with van der Waals surface area (Å²) < 4.78 is 3.13. The maximum Gasteiger partial charge on any atom is 0.271 e. The van der Waals surface area contributed by atoms with Crippen molar-refractivity contribution in [1.82, 2.24) is 24.1 Å². The lowest BCUT2D eigenvalue weighted by molar-refractivity contribution is 0.102. The van der Waals surface area contributed by atoms with Gasteiger partial charge in [-0.25, -0.2) is 4.98 Å². The summed E-state index contributed by atoms with van der Waals surface area (Å²) in [5.41, 5.74) is 0.389. The minimum Gasteiger partial charge on any atom is -0.300 e. The highest BCUT2D eigenvalue weighted by atomic mass is 32.1. The van der Waals surface area contributed by atoms with Crippen LogP contribution in [0.15, 0.2) is 17.3 Å². The second-order valence-electron chi connectivity index (χ2n) is 4.73. The predicted molar refractivity (Wildman–Crippen MR) is 82.5 cm³/mol. The van der Waals surface area contributed by atoms with Gasteiger partial charge in [0.2, 0.25) is 5.95 Å². The van der Waals surface area contributed by atoms with E-state index < -0.39 is 5.91 Å². The van der Waals surface area contributed by atoms with Crippen LogP contribution in [0.3, 0.4) is 0 Å². The lowest BCUT2D eigenvalue weighted by Crippen LogP contribution is -2.27. The summed E-state index contributed by atoms with van der Waals surface area (Å²) in [5.74, 6) is -0.243. The zero-order valence-electron chi connectivity index (χ0n) is 12.3. The molecule has 0 atom stereocenters. The molecule has 0 saturated carbocycles. The molecule has 0 unspecified atom stereocenters. The van der Waals surface area contributed by atoms with Gasteiger partial charge in [0, 0.05) is 23.3 Å². The number of carbonyl (C=O) groups excluding carboxylic acids is 1. The predicted octanol–water partition coefficient (Wildman–Crippen LogP) is 1.24. The van der Waals surface area contributed by atoms with E-state index >= 15 is 0 Å². The van der Waals surface area contributed by atoms with E-state index in [1.807, 2.05) is 20.8 Å². The largest absolute Gasteiger partial charge is 0.300 e. The number of fused-ring (bicyclic) bond motifs is 1. The number of rotatable bonds is 3. The molecular weight excluding hydrogens is 304 g/mol. The van der Waals surface area contributed by atoms with E-state index in [-0.39, 0.29) is 11.1 Å². The third kappa shape index (κ3) is 2.19. The van der Waals surface area contributed by atoms with Gasteiger partial charge in [-0.15, -0.1) is 21.5 Å². The maximum atomic E-state index is 12.5. The van der Waals surface area contributed by atoms with Crippen molar-refractivity contribution in [2.45, 2.75) is 27.3 Å². The van der Waals surface area contributed by atoms with Crippen molar-refractivity contribution in [3.05, 3.63) is 39.0 Å². The number of aryl methyl sites for hydroxylation is 3. The average Bonchev–Trinajstić information content (AvgIpc) is 3.04. The van der Waals surface area contributed by atoms with Crippen molar-refractivity contribution in [3.63, 3.8) is 0 Å². The van der Waals surface area contributed by atoms with Crippen molar-refractivity contribution in [1.29, 1.82) is 0 Å². The molecule has 22 heavy (non-hydrogen) atoms. The third-order valence-corrected chi connectivity index (χ3v) is 4.52. The van der Waals surface area contributed by atoms with Gasteiger partial charge in [-0.3, -0.25) is 23.9 Å². The second-order valence-corrected chi connectivity index (χ2v) is 5.92. The Balaban J connectivity index is 2.03. The van der Waals surface area contributed by atoms with Crippen LogP contribution < -0.4 is 10.9 Å². The fraction of sp³-hybridized carbons (Fsp3) is 0.308. The van der Waals surface area contributed by atoms with Crippen molar-refractivity contribution in [2.75, 3.05) is 5.32 Å². The molecule has 0 aliphatic carbocycles. The zero-order chi connectivity index (χ0) is 15.9. The monoisotopic (exact) mass is 318 g/mol. The summed E-state index contributed by atoms with van der Waals surface area (Å²) in [6.07, 6.45) is 2.81. The number of hydrogen-bond donors (Lipinski definition) is 1. The van der Waals surface area contributed by atoms with E-state index in [0.29, 0.717) is 17.5 Å². The first-order chi connectivity index (χ1) is 10.5. The Morgan fingerprint density at radius 3 is 2.91 bits per heavy atom. The molecule has 0 spiro atoms. The molecule has 0 aliphatic heterocycles. The molecule has 0 aliphatic rings. The molecule has 0 bridgehead atoms. The van der Waals surface area contributed by atoms with Crippen molar-refractivity contribution in [2.24, 2.45) is 0 Å². The molecule has 0 fully saturated rings. The van der Waals surface area contributed by atoms with Gasteiger partial charge in [0.15, 0.2) is 4.96 Å². The van der Waals surface area contributed by atoms with Crippen LogP contribution in [0.5, 0.6) is 0 Å². The summed E-state index contributed by atoms with van der Waals surface area (Å²) >= 11 is 1.42. The quantitative estimate of drug-likeness (QED) is 0.784. The van der Waals surface area contributed by atoms with E-state index in [4.69, 9.17) is 0 Å². The molecule has 114 valence electrons. The highest BCUT2D eigenvalue weighted by Gasteiger charge is 2.18. The fourth-order valence-electron chi connectivity index (χ4n) is 2.08. The van der Waals surface area contributed by atoms with E-state index in [1.165, 1.54) is 28.3 Å². The highest BCUT2D eigenvalue weighted by Crippen LogP contribution is 2.18. The Morgan fingerprint density at radius 1 is 1.41 bits per heavy atom. The maximum absolute atomic E-state index is 12.5. The number of amides is 1. The minimum absolute atomic E-state index is 0.0240. The number of nitrogens with zero attached hydrogens (tertiary/aromatic N) is 5.